The van der Waals surface area contributed by atoms with E-state index in [0.717, 1.165) is 42.3 Å². The quantitative estimate of drug-likeness (QED) is 0.818. The van der Waals surface area contributed by atoms with Gasteiger partial charge in [0.2, 0.25) is 0 Å². The molecule has 0 saturated heterocycles. The van der Waals surface area contributed by atoms with Crippen molar-refractivity contribution >= 4 is 11.6 Å². The highest BCUT2D eigenvalue weighted by molar-refractivity contribution is 6.31. The van der Waals surface area contributed by atoms with E-state index in [9.17, 15) is 0 Å². The highest BCUT2D eigenvalue weighted by Crippen LogP contribution is 2.36. The minimum Gasteiger partial charge on any atom is -0.317 e. The first-order valence-corrected chi connectivity index (χ1v) is 8.43. The molecule has 1 N–H and O–H groups in total. The number of hydrogen-bond acceptors (Lipinski definition) is 1. The third-order valence-electron chi connectivity index (χ3n) is 4.75. The molecule has 2 heteroatoms. The molecular weight excluding hydrogens is 266 g/mol. The van der Waals surface area contributed by atoms with Crippen molar-refractivity contribution in [2.45, 2.75) is 46.5 Å². The monoisotopic (exact) mass is 293 g/mol. The number of benzene rings is 1. The maximum absolute atomic E-state index is 6.42. The van der Waals surface area contributed by atoms with Crippen molar-refractivity contribution in [3.63, 3.8) is 0 Å². The van der Waals surface area contributed by atoms with Crippen LogP contribution < -0.4 is 5.32 Å². The van der Waals surface area contributed by atoms with Crippen molar-refractivity contribution in [2.75, 3.05) is 13.1 Å². The van der Waals surface area contributed by atoms with Crippen LogP contribution in [0.15, 0.2) is 18.2 Å². The molecule has 1 aliphatic rings. The van der Waals surface area contributed by atoms with Gasteiger partial charge in [-0.05, 0) is 74.2 Å². The van der Waals surface area contributed by atoms with Crippen LogP contribution in [0, 0.1) is 24.7 Å². The van der Waals surface area contributed by atoms with E-state index in [2.05, 4.69) is 44.3 Å². The van der Waals surface area contributed by atoms with Gasteiger partial charge < -0.3 is 5.32 Å². The number of aryl methyl sites for hydroxylation is 1. The van der Waals surface area contributed by atoms with Gasteiger partial charge in [-0.2, -0.15) is 0 Å². The zero-order chi connectivity index (χ0) is 14.5. The van der Waals surface area contributed by atoms with E-state index in [1.165, 1.54) is 30.4 Å². The van der Waals surface area contributed by atoms with Gasteiger partial charge in [-0.15, -0.1) is 0 Å². The normalized spacial score (nSPS) is 26.7. The molecule has 112 valence electrons. The zero-order valence-corrected chi connectivity index (χ0v) is 13.8. The molecule has 1 aliphatic carbocycles. The van der Waals surface area contributed by atoms with Crippen LogP contribution in [0.25, 0.3) is 0 Å². The lowest BCUT2D eigenvalue weighted by Gasteiger charge is -2.35. The summed E-state index contributed by atoms with van der Waals surface area (Å²) in [7, 11) is 0. The topological polar surface area (TPSA) is 12.0 Å². The summed E-state index contributed by atoms with van der Waals surface area (Å²) in [4.78, 5) is 0. The van der Waals surface area contributed by atoms with E-state index in [0.29, 0.717) is 0 Å². The molecule has 3 atom stereocenters. The first-order chi connectivity index (χ1) is 9.60. The molecule has 1 aromatic rings. The van der Waals surface area contributed by atoms with Crippen LogP contribution >= 0.6 is 11.6 Å². The minimum atomic E-state index is 0.776. The first kappa shape index (κ1) is 15.9. The van der Waals surface area contributed by atoms with E-state index in [-0.39, 0.29) is 0 Å². The van der Waals surface area contributed by atoms with Crippen LogP contribution in [0.1, 0.15) is 44.2 Å². The summed E-state index contributed by atoms with van der Waals surface area (Å²) in [6, 6.07) is 6.51. The summed E-state index contributed by atoms with van der Waals surface area (Å²) in [5.41, 5.74) is 2.58. The molecular formula is C18H28ClN. The lowest BCUT2D eigenvalue weighted by atomic mass is 9.72. The van der Waals surface area contributed by atoms with Gasteiger partial charge in [-0.3, -0.25) is 0 Å². The Bertz CT molecular complexity index is 427. The van der Waals surface area contributed by atoms with Crippen LogP contribution in [-0.4, -0.2) is 13.1 Å². The van der Waals surface area contributed by atoms with Gasteiger partial charge in [-0.25, -0.2) is 0 Å². The highest BCUT2D eigenvalue weighted by Gasteiger charge is 2.28. The van der Waals surface area contributed by atoms with Gasteiger partial charge in [-0.1, -0.05) is 44.0 Å². The smallest absolute Gasteiger partial charge is 0.0440 e. The fourth-order valence-corrected chi connectivity index (χ4v) is 3.82. The molecule has 0 heterocycles. The van der Waals surface area contributed by atoms with Crippen LogP contribution in [0.5, 0.6) is 0 Å². The molecule has 1 aromatic carbocycles. The summed E-state index contributed by atoms with van der Waals surface area (Å²) in [5, 5.41) is 4.49. The second-order valence-corrected chi connectivity index (χ2v) is 6.95. The SMILES string of the molecule is CCNCC1CCC(C)CC1Cc1ccc(C)cc1Cl. The Kier molecular flexibility index (Phi) is 5.92. The predicted molar refractivity (Wildman–Crippen MR) is 88.4 cm³/mol. The molecule has 0 aromatic heterocycles. The highest BCUT2D eigenvalue weighted by atomic mass is 35.5. The lowest BCUT2D eigenvalue weighted by molar-refractivity contribution is 0.184. The van der Waals surface area contributed by atoms with E-state index >= 15 is 0 Å². The fraction of sp³-hybridized carbons (Fsp3) is 0.667. The molecule has 0 spiro atoms. The summed E-state index contributed by atoms with van der Waals surface area (Å²) >= 11 is 6.42. The number of rotatable bonds is 5. The van der Waals surface area contributed by atoms with Gasteiger partial charge in [0.25, 0.3) is 0 Å². The third kappa shape index (κ3) is 4.23. The third-order valence-corrected chi connectivity index (χ3v) is 5.10. The Morgan fingerprint density at radius 3 is 2.75 bits per heavy atom. The summed E-state index contributed by atoms with van der Waals surface area (Å²) in [6.07, 6.45) is 5.23. The molecule has 20 heavy (non-hydrogen) atoms. The molecule has 1 saturated carbocycles. The molecule has 1 nitrogen and oxygen atoms in total. The van der Waals surface area contributed by atoms with Crippen molar-refractivity contribution in [3.8, 4) is 0 Å². The minimum absolute atomic E-state index is 0.776. The fourth-order valence-electron chi connectivity index (χ4n) is 3.51. The van der Waals surface area contributed by atoms with Crippen molar-refractivity contribution < 1.29 is 0 Å². The Labute approximate surface area is 129 Å². The van der Waals surface area contributed by atoms with E-state index in [1.807, 2.05) is 0 Å². The summed E-state index contributed by atoms with van der Waals surface area (Å²) in [5.74, 6) is 2.45. The molecule has 0 bridgehead atoms. The van der Waals surface area contributed by atoms with Crippen LogP contribution in [0.2, 0.25) is 5.02 Å². The van der Waals surface area contributed by atoms with E-state index < -0.39 is 0 Å². The van der Waals surface area contributed by atoms with Crippen molar-refractivity contribution in [1.29, 1.82) is 0 Å². The predicted octanol–water partition coefficient (Wildman–Crippen LogP) is 4.85. The number of hydrogen-bond donors (Lipinski definition) is 1. The van der Waals surface area contributed by atoms with Crippen molar-refractivity contribution in [2.24, 2.45) is 17.8 Å². The zero-order valence-electron chi connectivity index (χ0n) is 13.1. The Morgan fingerprint density at radius 1 is 1.25 bits per heavy atom. The van der Waals surface area contributed by atoms with Gasteiger partial charge in [0.15, 0.2) is 0 Å². The Hall–Kier alpha value is -0.530. The molecule has 0 amide bonds. The second-order valence-electron chi connectivity index (χ2n) is 6.55. The molecule has 1 fully saturated rings. The van der Waals surface area contributed by atoms with Gasteiger partial charge >= 0.3 is 0 Å². The average Bonchev–Trinajstić information content (AvgIpc) is 2.41. The molecule has 0 aliphatic heterocycles. The second kappa shape index (κ2) is 7.47. The van der Waals surface area contributed by atoms with E-state index in [4.69, 9.17) is 11.6 Å². The van der Waals surface area contributed by atoms with Gasteiger partial charge in [0.05, 0.1) is 0 Å². The number of halogens is 1. The van der Waals surface area contributed by atoms with Crippen molar-refractivity contribution in [1.82, 2.24) is 5.32 Å². The maximum atomic E-state index is 6.42. The standard InChI is InChI=1S/C18H28ClN/c1-4-20-12-16-8-6-13(2)9-17(16)11-15-7-5-14(3)10-18(15)19/h5,7,10,13,16-17,20H,4,6,8-9,11-12H2,1-3H3. The lowest BCUT2D eigenvalue weighted by Crippen LogP contribution is -2.33. The number of nitrogens with one attached hydrogen (secondary N) is 1. The first-order valence-electron chi connectivity index (χ1n) is 8.05. The van der Waals surface area contributed by atoms with Crippen LogP contribution in [-0.2, 0) is 6.42 Å². The average molecular weight is 294 g/mol. The summed E-state index contributed by atoms with van der Waals surface area (Å²) in [6.45, 7) is 8.93. The van der Waals surface area contributed by atoms with Crippen molar-refractivity contribution in [3.05, 3.63) is 34.3 Å². The molecule has 0 radical (unpaired) electrons. The van der Waals surface area contributed by atoms with Crippen LogP contribution in [0.4, 0.5) is 0 Å². The Morgan fingerprint density at radius 2 is 2.05 bits per heavy atom. The molecule has 3 unspecified atom stereocenters. The van der Waals surface area contributed by atoms with Gasteiger partial charge in [0.1, 0.15) is 0 Å². The van der Waals surface area contributed by atoms with Gasteiger partial charge in [0, 0.05) is 5.02 Å². The Balaban J connectivity index is 2.06. The van der Waals surface area contributed by atoms with E-state index in [1.54, 1.807) is 0 Å². The van der Waals surface area contributed by atoms with Crippen LogP contribution in [0.3, 0.4) is 0 Å². The summed E-state index contributed by atoms with van der Waals surface area (Å²) < 4.78 is 0. The largest absolute Gasteiger partial charge is 0.317 e. The maximum Gasteiger partial charge on any atom is 0.0440 e. The molecule has 2 rings (SSSR count).